The molecule has 0 aliphatic carbocycles. The Bertz CT molecular complexity index is 686. The van der Waals surface area contributed by atoms with Gasteiger partial charge in [0.2, 0.25) is 0 Å². The van der Waals surface area contributed by atoms with Crippen molar-refractivity contribution in [3.8, 4) is 0 Å². The van der Waals surface area contributed by atoms with Crippen molar-refractivity contribution < 1.29 is 18.7 Å². The summed E-state index contributed by atoms with van der Waals surface area (Å²) >= 11 is 11.9. The number of hydrogen-bond acceptors (Lipinski definition) is 4. The fourth-order valence-electron chi connectivity index (χ4n) is 2.01. The highest BCUT2D eigenvalue weighted by Crippen LogP contribution is 2.20. The Balaban J connectivity index is 1.61. The molecular weight excluding hydrogens is 353 g/mol. The third-order valence-corrected chi connectivity index (χ3v) is 3.84. The molecule has 1 heterocycles. The molecule has 0 fully saturated rings. The molecule has 0 saturated heterocycles. The molecule has 2 rings (SSSR count). The van der Waals surface area contributed by atoms with Gasteiger partial charge in [-0.25, -0.2) is 0 Å². The first-order valence-corrected chi connectivity index (χ1v) is 8.19. The molecule has 0 spiro atoms. The minimum atomic E-state index is -0.442. The van der Waals surface area contributed by atoms with Gasteiger partial charge in [0, 0.05) is 23.0 Å². The van der Waals surface area contributed by atoms with Gasteiger partial charge >= 0.3 is 5.97 Å². The molecule has 0 radical (unpaired) electrons. The minimum absolute atomic E-state index is 0.168. The van der Waals surface area contributed by atoms with Crippen LogP contribution in [0.15, 0.2) is 41.0 Å². The van der Waals surface area contributed by atoms with E-state index in [4.69, 9.17) is 32.4 Å². The summed E-state index contributed by atoms with van der Waals surface area (Å²) in [5.74, 6) is -0.0926. The van der Waals surface area contributed by atoms with Crippen molar-refractivity contribution in [3.05, 3.63) is 58.0 Å². The van der Waals surface area contributed by atoms with Crippen LogP contribution in [-0.2, 0) is 27.2 Å². The van der Waals surface area contributed by atoms with E-state index in [1.54, 1.807) is 30.5 Å². The van der Waals surface area contributed by atoms with Crippen LogP contribution in [0, 0.1) is 0 Å². The number of benzene rings is 1. The third kappa shape index (κ3) is 6.26. The summed E-state index contributed by atoms with van der Waals surface area (Å²) in [5, 5.41) is 3.79. The van der Waals surface area contributed by atoms with E-state index in [9.17, 15) is 9.59 Å². The summed E-state index contributed by atoms with van der Waals surface area (Å²) < 4.78 is 10.0. The number of nitrogens with one attached hydrogen (secondary N) is 1. The topological polar surface area (TPSA) is 68.5 Å². The van der Waals surface area contributed by atoms with E-state index in [0.717, 1.165) is 5.56 Å². The fourth-order valence-corrected chi connectivity index (χ4v) is 2.51. The lowest BCUT2D eigenvalue weighted by Crippen LogP contribution is -2.30. The van der Waals surface area contributed by atoms with Crippen molar-refractivity contribution in [3.63, 3.8) is 0 Å². The van der Waals surface area contributed by atoms with E-state index in [-0.39, 0.29) is 18.9 Å². The van der Waals surface area contributed by atoms with Gasteiger partial charge in [-0.15, -0.1) is 0 Å². The predicted octanol–water partition coefficient (Wildman–Crippen LogP) is 3.42. The number of ether oxygens (including phenoxy) is 1. The quantitative estimate of drug-likeness (QED) is 0.723. The Kier molecular flexibility index (Phi) is 7.15. The van der Waals surface area contributed by atoms with Crippen LogP contribution in [0.25, 0.3) is 0 Å². The van der Waals surface area contributed by atoms with Crippen molar-refractivity contribution in [1.82, 2.24) is 5.32 Å². The Hall–Kier alpha value is -1.98. The van der Waals surface area contributed by atoms with Crippen LogP contribution in [0.5, 0.6) is 0 Å². The molecule has 1 N–H and O–H groups in total. The molecule has 128 valence electrons. The van der Waals surface area contributed by atoms with Gasteiger partial charge in [-0.05, 0) is 36.2 Å². The Morgan fingerprint density at radius 3 is 2.71 bits per heavy atom. The van der Waals surface area contributed by atoms with Crippen molar-refractivity contribution in [2.24, 2.45) is 0 Å². The highest BCUT2D eigenvalue weighted by atomic mass is 35.5. The van der Waals surface area contributed by atoms with Gasteiger partial charge in [-0.3, -0.25) is 9.59 Å². The second-order valence-electron chi connectivity index (χ2n) is 5.08. The summed E-state index contributed by atoms with van der Waals surface area (Å²) in [5.41, 5.74) is 0.886. The number of esters is 1. The molecule has 0 bridgehead atoms. The molecule has 0 aliphatic rings. The molecular formula is C17H17Cl2NO4. The smallest absolute Gasteiger partial charge is 0.306 e. The van der Waals surface area contributed by atoms with Crippen molar-refractivity contribution >= 4 is 35.1 Å². The molecule has 24 heavy (non-hydrogen) atoms. The van der Waals surface area contributed by atoms with Gasteiger partial charge in [0.05, 0.1) is 12.7 Å². The first kappa shape index (κ1) is 18.4. The average Bonchev–Trinajstić information content (AvgIpc) is 3.06. The standard InChI is InChI=1S/C17H17Cl2NO4/c18-13-4-3-12(15(19)10-13)7-8-20-16(21)11-24-17(22)6-5-14-2-1-9-23-14/h1-4,9-10H,5-8,11H2,(H,20,21). The minimum Gasteiger partial charge on any atom is -0.469 e. The van der Waals surface area contributed by atoms with Gasteiger partial charge in [0.1, 0.15) is 5.76 Å². The van der Waals surface area contributed by atoms with E-state index in [0.29, 0.717) is 35.2 Å². The maximum absolute atomic E-state index is 11.6. The molecule has 0 atom stereocenters. The number of hydrogen-bond donors (Lipinski definition) is 1. The molecule has 1 amide bonds. The molecule has 1 aromatic carbocycles. The summed E-state index contributed by atoms with van der Waals surface area (Å²) in [6.07, 6.45) is 2.72. The summed E-state index contributed by atoms with van der Waals surface area (Å²) in [6.45, 7) is 0.0927. The van der Waals surface area contributed by atoms with E-state index >= 15 is 0 Å². The van der Waals surface area contributed by atoms with Gasteiger partial charge < -0.3 is 14.5 Å². The highest BCUT2D eigenvalue weighted by molar-refractivity contribution is 6.35. The zero-order chi connectivity index (χ0) is 17.4. The number of halogens is 2. The predicted molar refractivity (Wildman–Crippen MR) is 91.2 cm³/mol. The highest BCUT2D eigenvalue weighted by Gasteiger charge is 2.09. The number of rotatable bonds is 8. The number of furan rings is 1. The molecule has 0 saturated carbocycles. The van der Waals surface area contributed by atoms with Gasteiger partial charge in [0.25, 0.3) is 5.91 Å². The molecule has 7 heteroatoms. The van der Waals surface area contributed by atoms with Gasteiger partial charge in [-0.1, -0.05) is 29.3 Å². The number of carbonyl (C=O) groups is 2. The lowest BCUT2D eigenvalue weighted by Gasteiger charge is -2.08. The van der Waals surface area contributed by atoms with Crippen LogP contribution in [0.3, 0.4) is 0 Å². The van der Waals surface area contributed by atoms with Crippen molar-refractivity contribution in [2.45, 2.75) is 19.3 Å². The second kappa shape index (κ2) is 9.35. The molecule has 2 aromatic rings. The monoisotopic (exact) mass is 369 g/mol. The molecule has 0 unspecified atom stereocenters. The molecule has 1 aromatic heterocycles. The van der Waals surface area contributed by atoms with Crippen LogP contribution in [0.1, 0.15) is 17.7 Å². The number of carbonyl (C=O) groups excluding carboxylic acids is 2. The largest absolute Gasteiger partial charge is 0.469 e. The van der Waals surface area contributed by atoms with Crippen molar-refractivity contribution in [2.75, 3.05) is 13.2 Å². The first-order chi connectivity index (χ1) is 11.5. The van der Waals surface area contributed by atoms with Crippen LogP contribution >= 0.6 is 23.2 Å². The second-order valence-corrected chi connectivity index (χ2v) is 5.92. The van der Waals surface area contributed by atoms with Crippen LogP contribution in [-0.4, -0.2) is 25.0 Å². The summed E-state index contributed by atoms with van der Waals surface area (Å²) in [4.78, 5) is 23.2. The Morgan fingerprint density at radius 2 is 2.00 bits per heavy atom. The normalized spacial score (nSPS) is 10.4. The summed E-state index contributed by atoms with van der Waals surface area (Å²) in [6, 6.07) is 8.74. The Labute approximate surface area is 149 Å². The summed E-state index contributed by atoms with van der Waals surface area (Å²) in [7, 11) is 0. The first-order valence-electron chi connectivity index (χ1n) is 7.43. The van der Waals surface area contributed by atoms with Crippen LogP contribution in [0.4, 0.5) is 0 Å². The van der Waals surface area contributed by atoms with E-state index in [1.165, 1.54) is 0 Å². The average molecular weight is 370 g/mol. The van der Waals surface area contributed by atoms with Crippen LogP contribution < -0.4 is 5.32 Å². The third-order valence-electron chi connectivity index (χ3n) is 3.25. The zero-order valence-electron chi connectivity index (χ0n) is 12.9. The number of aryl methyl sites for hydroxylation is 1. The van der Waals surface area contributed by atoms with E-state index in [1.807, 2.05) is 6.07 Å². The lowest BCUT2D eigenvalue weighted by molar-refractivity contribution is -0.148. The Morgan fingerprint density at radius 1 is 1.17 bits per heavy atom. The molecule has 0 aliphatic heterocycles. The van der Waals surface area contributed by atoms with Crippen LogP contribution in [0.2, 0.25) is 10.0 Å². The van der Waals surface area contributed by atoms with E-state index < -0.39 is 5.97 Å². The lowest BCUT2D eigenvalue weighted by atomic mass is 10.1. The van der Waals surface area contributed by atoms with E-state index in [2.05, 4.69) is 5.32 Å². The molecule has 5 nitrogen and oxygen atoms in total. The fraction of sp³-hybridized carbons (Fsp3) is 0.294. The SMILES string of the molecule is O=C(COC(=O)CCc1ccco1)NCCc1ccc(Cl)cc1Cl. The number of amides is 1. The zero-order valence-corrected chi connectivity index (χ0v) is 14.4. The van der Waals surface area contributed by atoms with Gasteiger partial charge in [0.15, 0.2) is 6.61 Å². The maximum Gasteiger partial charge on any atom is 0.306 e. The van der Waals surface area contributed by atoms with Gasteiger partial charge in [-0.2, -0.15) is 0 Å². The van der Waals surface area contributed by atoms with Crippen molar-refractivity contribution in [1.29, 1.82) is 0 Å². The maximum atomic E-state index is 11.6.